The largest absolute Gasteiger partial charge is 0.342 e. The van der Waals surface area contributed by atoms with Crippen molar-refractivity contribution in [2.75, 3.05) is 5.32 Å². The summed E-state index contributed by atoms with van der Waals surface area (Å²) in [7, 11) is 0. The van der Waals surface area contributed by atoms with E-state index >= 15 is 0 Å². The molecule has 0 radical (unpaired) electrons. The summed E-state index contributed by atoms with van der Waals surface area (Å²) in [6.07, 6.45) is 0. The maximum atomic E-state index is 5.94. The van der Waals surface area contributed by atoms with Crippen molar-refractivity contribution in [1.82, 2.24) is 4.98 Å². The minimum Gasteiger partial charge on any atom is -0.342 e. The maximum absolute atomic E-state index is 5.94. The van der Waals surface area contributed by atoms with Crippen LogP contribution in [0.1, 0.15) is 0 Å². The van der Waals surface area contributed by atoms with Crippen molar-refractivity contribution in [3.05, 3.63) is 59.6 Å². The molecule has 84 valence electrons. The number of hydrogen-bond donors (Lipinski definition) is 2. The summed E-state index contributed by atoms with van der Waals surface area (Å²) in [5.74, 6) is 0.966. The molecule has 1 aromatic heterocycles. The van der Waals surface area contributed by atoms with Gasteiger partial charge in [0.25, 0.3) is 0 Å². The van der Waals surface area contributed by atoms with Gasteiger partial charge in [-0.3, -0.25) is 0 Å². The summed E-state index contributed by atoms with van der Waals surface area (Å²) in [6, 6.07) is 17.9. The Hall–Kier alpha value is -1.93. The van der Waals surface area contributed by atoms with Crippen molar-refractivity contribution >= 4 is 34.0 Å². The van der Waals surface area contributed by atoms with Crippen LogP contribution >= 0.6 is 11.6 Å². The van der Waals surface area contributed by atoms with Gasteiger partial charge in [0.05, 0.1) is 0 Å². The fraction of sp³-hybridized carbons (Fsp3) is 0. The summed E-state index contributed by atoms with van der Waals surface area (Å²) in [5, 5.41) is 5.21. The number of aromatic nitrogens is 1. The Balaban J connectivity index is 1.94. The summed E-state index contributed by atoms with van der Waals surface area (Å²) in [6.45, 7) is 0. The van der Waals surface area contributed by atoms with Gasteiger partial charge in [0.15, 0.2) is 0 Å². The minimum atomic E-state index is 0.728. The van der Waals surface area contributed by atoms with Crippen molar-refractivity contribution in [3.63, 3.8) is 0 Å². The summed E-state index contributed by atoms with van der Waals surface area (Å²) >= 11 is 5.94. The number of fused-ring (bicyclic) bond motifs is 1. The lowest BCUT2D eigenvalue weighted by Crippen LogP contribution is -1.89. The number of aromatic amines is 1. The van der Waals surface area contributed by atoms with Gasteiger partial charge in [-0.05, 0) is 30.3 Å². The number of nitrogens with one attached hydrogen (secondary N) is 2. The zero-order valence-corrected chi connectivity index (χ0v) is 9.83. The van der Waals surface area contributed by atoms with Crippen LogP contribution in [0.2, 0.25) is 5.02 Å². The molecule has 3 rings (SSSR count). The molecule has 0 atom stereocenters. The molecule has 0 saturated carbocycles. The van der Waals surface area contributed by atoms with Gasteiger partial charge < -0.3 is 10.3 Å². The van der Waals surface area contributed by atoms with E-state index in [9.17, 15) is 0 Å². The lowest BCUT2D eigenvalue weighted by molar-refractivity contribution is 1.42. The molecule has 0 amide bonds. The molecule has 2 nitrogen and oxygen atoms in total. The van der Waals surface area contributed by atoms with Crippen molar-refractivity contribution in [2.45, 2.75) is 0 Å². The average molecular weight is 243 g/mol. The van der Waals surface area contributed by atoms with Gasteiger partial charge >= 0.3 is 0 Å². The first-order chi connectivity index (χ1) is 8.31. The Bertz CT molecular complexity index is 625. The molecule has 0 fully saturated rings. The highest BCUT2D eigenvalue weighted by molar-refractivity contribution is 6.30. The van der Waals surface area contributed by atoms with Crippen LogP contribution in [0.3, 0.4) is 0 Å². The molecule has 0 bridgehead atoms. The van der Waals surface area contributed by atoms with Crippen LogP contribution < -0.4 is 5.32 Å². The van der Waals surface area contributed by atoms with Crippen LogP contribution in [-0.2, 0) is 0 Å². The monoisotopic (exact) mass is 242 g/mol. The molecule has 0 spiro atoms. The zero-order valence-electron chi connectivity index (χ0n) is 9.07. The van der Waals surface area contributed by atoms with E-state index in [0.29, 0.717) is 0 Å². The molecule has 1 heterocycles. The van der Waals surface area contributed by atoms with Gasteiger partial charge in [-0.15, -0.1) is 0 Å². The molecular formula is C14H11ClN2. The molecule has 0 aliphatic rings. The quantitative estimate of drug-likeness (QED) is 0.677. The standard InChI is InChI=1S/C14H11ClN2/c15-11-5-3-6-12(9-11)16-14-8-10-4-1-2-7-13(10)17-14/h1-9,16-17H. The molecule has 3 heteroatoms. The molecule has 0 aliphatic carbocycles. The predicted octanol–water partition coefficient (Wildman–Crippen LogP) is 4.56. The van der Waals surface area contributed by atoms with E-state index in [4.69, 9.17) is 11.6 Å². The van der Waals surface area contributed by atoms with Crippen LogP contribution in [0.5, 0.6) is 0 Å². The van der Waals surface area contributed by atoms with E-state index in [-0.39, 0.29) is 0 Å². The molecule has 17 heavy (non-hydrogen) atoms. The number of benzene rings is 2. The van der Waals surface area contributed by atoms with Gasteiger partial charge in [-0.2, -0.15) is 0 Å². The highest BCUT2D eigenvalue weighted by atomic mass is 35.5. The maximum Gasteiger partial charge on any atom is 0.108 e. The van der Waals surface area contributed by atoms with Crippen LogP contribution in [-0.4, -0.2) is 4.98 Å². The van der Waals surface area contributed by atoms with Crippen LogP contribution in [0.25, 0.3) is 10.9 Å². The van der Waals surface area contributed by atoms with E-state index in [2.05, 4.69) is 28.5 Å². The van der Waals surface area contributed by atoms with Gasteiger partial charge in [0.2, 0.25) is 0 Å². The SMILES string of the molecule is Clc1cccc(Nc2cc3ccccc3[nH]2)c1. The van der Waals surface area contributed by atoms with Crippen LogP contribution in [0, 0.1) is 0 Å². The average Bonchev–Trinajstić information content (AvgIpc) is 2.71. The number of para-hydroxylation sites is 1. The fourth-order valence-electron chi connectivity index (χ4n) is 1.86. The van der Waals surface area contributed by atoms with Crippen molar-refractivity contribution in [2.24, 2.45) is 0 Å². The van der Waals surface area contributed by atoms with Crippen LogP contribution in [0.15, 0.2) is 54.6 Å². The molecular weight excluding hydrogens is 232 g/mol. The molecule has 2 aromatic carbocycles. The highest BCUT2D eigenvalue weighted by Crippen LogP contribution is 2.23. The second-order valence-electron chi connectivity index (χ2n) is 3.91. The first kappa shape index (κ1) is 10.2. The summed E-state index contributed by atoms with van der Waals surface area (Å²) < 4.78 is 0. The predicted molar refractivity (Wildman–Crippen MR) is 73.0 cm³/mol. The number of halogens is 1. The number of anilines is 2. The lowest BCUT2D eigenvalue weighted by Gasteiger charge is -2.03. The Morgan fingerprint density at radius 2 is 1.82 bits per heavy atom. The third kappa shape index (κ3) is 2.12. The van der Waals surface area contributed by atoms with E-state index in [1.165, 1.54) is 5.39 Å². The van der Waals surface area contributed by atoms with E-state index in [1.54, 1.807) is 0 Å². The van der Waals surface area contributed by atoms with Gasteiger partial charge in [0.1, 0.15) is 5.82 Å². The van der Waals surface area contributed by atoms with E-state index < -0.39 is 0 Å². The minimum absolute atomic E-state index is 0.728. The number of hydrogen-bond acceptors (Lipinski definition) is 1. The highest BCUT2D eigenvalue weighted by Gasteiger charge is 2.00. The first-order valence-corrected chi connectivity index (χ1v) is 5.79. The zero-order chi connectivity index (χ0) is 11.7. The molecule has 2 N–H and O–H groups in total. The second-order valence-corrected chi connectivity index (χ2v) is 4.34. The normalized spacial score (nSPS) is 10.6. The smallest absolute Gasteiger partial charge is 0.108 e. The lowest BCUT2D eigenvalue weighted by atomic mass is 10.2. The molecule has 0 unspecified atom stereocenters. The Kier molecular flexibility index (Phi) is 2.50. The molecule has 3 aromatic rings. The van der Waals surface area contributed by atoms with Gasteiger partial charge in [0, 0.05) is 21.6 Å². The first-order valence-electron chi connectivity index (χ1n) is 5.42. The second kappa shape index (κ2) is 4.15. The van der Waals surface area contributed by atoms with Crippen molar-refractivity contribution < 1.29 is 0 Å². The molecule has 0 saturated heterocycles. The summed E-state index contributed by atoms with van der Waals surface area (Å²) in [5.41, 5.74) is 2.10. The topological polar surface area (TPSA) is 27.8 Å². The Morgan fingerprint density at radius 1 is 0.941 bits per heavy atom. The van der Waals surface area contributed by atoms with E-state index in [1.807, 2.05) is 36.4 Å². The van der Waals surface area contributed by atoms with Crippen LogP contribution in [0.4, 0.5) is 11.5 Å². The number of H-pyrrole nitrogens is 1. The Labute approximate surface area is 104 Å². The van der Waals surface area contributed by atoms with Gasteiger partial charge in [-0.25, -0.2) is 0 Å². The van der Waals surface area contributed by atoms with Crippen molar-refractivity contribution in [1.29, 1.82) is 0 Å². The number of rotatable bonds is 2. The van der Waals surface area contributed by atoms with Crippen molar-refractivity contribution in [3.8, 4) is 0 Å². The fourth-order valence-corrected chi connectivity index (χ4v) is 2.05. The van der Waals surface area contributed by atoms with E-state index in [0.717, 1.165) is 22.0 Å². The Morgan fingerprint density at radius 3 is 2.65 bits per heavy atom. The third-order valence-electron chi connectivity index (χ3n) is 2.63. The third-order valence-corrected chi connectivity index (χ3v) is 2.87. The molecule has 0 aliphatic heterocycles. The van der Waals surface area contributed by atoms with Gasteiger partial charge in [-0.1, -0.05) is 35.9 Å². The summed E-state index contributed by atoms with van der Waals surface area (Å²) in [4.78, 5) is 3.31.